The molecule has 1 aromatic heterocycles. The zero-order valence-corrected chi connectivity index (χ0v) is 7.66. The number of carbonyl (C=O) groups is 1. The molecule has 1 aliphatic rings. The van der Waals surface area contributed by atoms with Crippen molar-refractivity contribution in [1.82, 2.24) is 15.1 Å². The highest BCUT2D eigenvalue weighted by Gasteiger charge is 2.22. The Labute approximate surface area is 80.5 Å². The third-order valence-corrected chi connectivity index (χ3v) is 2.20. The number of nitrogens with zero attached hydrogens (tertiary/aromatic N) is 3. The lowest BCUT2D eigenvalue weighted by Gasteiger charge is -2.30. The summed E-state index contributed by atoms with van der Waals surface area (Å²) in [4.78, 5) is 13.3. The minimum atomic E-state index is -0.0598. The predicted molar refractivity (Wildman–Crippen MR) is 47.6 cm³/mol. The van der Waals surface area contributed by atoms with E-state index in [4.69, 9.17) is 11.6 Å². The molecule has 2 heterocycles. The third kappa shape index (κ3) is 1.62. The highest BCUT2D eigenvalue weighted by atomic mass is 35.5. The molecule has 4 nitrogen and oxygen atoms in total. The second kappa shape index (κ2) is 3.30. The van der Waals surface area contributed by atoms with Gasteiger partial charge in [0.15, 0.2) is 10.8 Å². The van der Waals surface area contributed by atoms with E-state index in [9.17, 15) is 4.79 Å². The highest BCUT2D eigenvalue weighted by molar-refractivity contribution is 6.29. The van der Waals surface area contributed by atoms with Crippen LogP contribution in [0.25, 0.3) is 0 Å². The zero-order chi connectivity index (χ0) is 9.26. The standard InChI is InChI=1S/C8H8ClN3O/c9-7-3-2-6(10-11-7)8(13)12-4-1-5-12/h2-3H,1,4-5H2. The lowest BCUT2D eigenvalue weighted by molar-refractivity contribution is 0.0644. The van der Waals surface area contributed by atoms with Gasteiger partial charge in [0.1, 0.15) is 0 Å². The first kappa shape index (κ1) is 8.44. The molecule has 2 rings (SSSR count). The van der Waals surface area contributed by atoms with Gasteiger partial charge in [0, 0.05) is 13.1 Å². The molecule has 0 aliphatic carbocycles. The summed E-state index contributed by atoms with van der Waals surface area (Å²) in [6.07, 6.45) is 1.08. The molecule has 0 atom stereocenters. The quantitative estimate of drug-likeness (QED) is 0.674. The van der Waals surface area contributed by atoms with Crippen LogP contribution in [0.15, 0.2) is 12.1 Å². The Hall–Kier alpha value is -1.16. The van der Waals surface area contributed by atoms with Gasteiger partial charge in [-0.25, -0.2) is 0 Å². The van der Waals surface area contributed by atoms with Crippen molar-refractivity contribution in [2.45, 2.75) is 6.42 Å². The smallest absolute Gasteiger partial charge is 0.274 e. The topological polar surface area (TPSA) is 46.1 Å². The van der Waals surface area contributed by atoms with Crippen LogP contribution in [0, 0.1) is 0 Å². The fourth-order valence-corrected chi connectivity index (χ4v) is 1.21. The van der Waals surface area contributed by atoms with E-state index in [-0.39, 0.29) is 5.91 Å². The van der Waals surface area contributed by atoms with Crippen molar-refractivity contribution in [3.05, 3.63) is 23.0 Å². The monoisotopic (exact) mass is 197 g/mol. The van der Waals surface area contributed by atoms with Crippen molar-refractivity contribution in [1.29, 1.82) is 0 Å². The molecular formula is C8H8ClN3O. The van der Waals surface area contributed by atoms with Gasteiger partial charge in [0.2, 0.25) is 0 Å². The van der Waals surface area contributed by atoms with Gasteiger partial charge in [-0.05, 0) is 18.6 Å². The molecule has 13 heavy (non-hydrogen) atoms. The lowest BCUT2D eigenvalue weighted by Crippen LogP contribution is -2.42. The van der Waals surface area contributed by atoms with Crippen molar-refractivity contribution in [3.8, 4) is 0 Å². The van der Waals surface area contributed by atoms with E-state index in [2.05, 4.69) is 10.2 Å². The lowest BCUT2D eigenvalue weighted by atomic mass is 10.2. The molecule has 68 valence electrons. The Morgan fingerprint density at radius 3 is 2.62 bits per heavy atom. The first-order chi connectivity index (χ1) is 6.27. The molecule has 5 heteroatoms. The van der Waals surface area contributed by atoms with E-state index in [1.54, 1.807) is 17.0 Å². The molecule has 0 unspecified atom stereocenters. The van der Waals surface area contributed by atoms with Gasteiger partial charge in [-0.15, -0.1) is 10.2 Å². The van der Waals surface area contributed by atoms with Gasteiger partial charge >= 0.3 is 0 Å². The number of halogens is 1. The largest absolute Gasteiger partial charge is 0.337 e. The fourth-order valence-electron chi connectivity index (χ4n) is 1.11. The summed E-state index contributed by atoms with van der Waals surface area (Å²) in [5.41, 5.74) is 0.365. The number of aromatic nitrogens is 2. The van der Waals surface area contributed by atoms with Crippen LogP contribution in [0.1, 0.15) is 16.9 Å². The minimum absolute atomic E-state index is 0.0598. The summed E-state index contributed by atoms with van der Waals surface area (Å²) in [6.45, 7) is 1.65. The maximum atomic E-state index is 11.5. The van der Waals surface area contributed by atoms with E-state index < -0.39 is 0 Å². The van der Waals surface area contributed by atoms with Gasteiger partial charge in [-0.2, -0.15) is 0 Å². The molecule has 1 aromatic rings. The molecule has 0 bridgehead atoms. The number of likely N-dealkylation sites (tertiary alicyclic amines) is 1. The van der Waals surface area contributed by atoms with Gasteiger partial charge in [-0.3, -0.25) is 4.79 Å². The second-order valence-electron chi connectivity index (χ2n) is 2.89. The van der Waals surface area contributed by atoms with Crippen molar-refractivity contribution < 1.29 is 4.79 Å². The molecule has 0 radical (unpaired) electrons. The number of amides is 1. The maximum Gasteiger partial charge on any atom is 0.274 e. The average molecular weight is 198 g/mol. The Morgan fingerprint density at radius 2 is 2.15 bits per heavy atom. The van der Waals surface area contributed by atoms with Crippen LogP contribution in [0.4, 0.5) is 0 Å². The van der Waals surface area contributed by atoms with Crippen LogP contribution in [-0.4, -0.2) is 34.1 Å². The SMILES string of the molecule is O=C(c1ccc(Cl)nn1)N1CCC1. The van der Waals surface area contributed by atoms with Gasteiger partial charge < -0.3 is 4.90 Å². The molecule has 1 fully saturated rings. The molecule has 0 aromatic carbocycles. The van der Waals surface area contributed by atoms with E-state index in [1.165, 1.54) is 0 Å². The van der Waals surface area contributed by atoms with E-state index >= 15 is 0 Å². The Bertz CT molecular complexity index is 321. The van der Waals surface area contributed by atoms with Gasteiger partial charge in [0.25, 0.3) is 5.91 Å². The van der Waals surface area contributed by atoms with Crippen LogP contribution in [-0.2, 0) is 0 Å². The summed E-state index contributed by atoms with van der Waals surface area (Å²) in [7, 11) is 0. The fraction of sp³-hybridized carbons (Fsp3) is 0.375. The van der Waals surface area contributed by atoms with Crippen LogP contribution in [0.5, 0.6) is 0 Å². The molecule has 1 aliphatic heterocycles. The van der Waals surface area contributed by atoms with E-state index in [0.717, 1.165) is 19.5 Å². The summed E-state index contributed by atoms with van der Waals surface area (Å²) < 4.78 is 0. The number of hydrogen-bond acceptors (Lipinski definition) is 3. The zero-order valence-electron chi connectivity index (χ0n) is 6.90. The van der Waals surface area contributed by atoms with Crippen molar-refractivity contribution in [2.75, 3.05) is 13.1 Å². The Kier molecular flexibility index (Phi) is 2.14. The normalized spacial score (nSPS) is 15.3. The average Bonchev–Trinajstić information content (AvgIpc) is 2.02. The first-order valence-electron chi connectivity index (χ1n) is 4.06. The maximum absolute atomic E-state index is 11.5. The van der Waals surface area contributed by atoms with Crippen LogP contribution in [0.2, 0.25) is 5.15 Å². The second-order valence-corrected chi connectivity index (χ2v) is 3.27. The molecular weight excluding hydrogens is 190 g/mol. The number of hydrogen-bond donors (Lipinski definition) is 0. The highest BCUT2D eigenvalue weighted by Crippen LogP contribution is 2.11. The minimum Gasteiger partial charge on any atom is -0.337 e. The molecule has 0 spiro atoms. The van der Waals surface area contributed by atoms with Crippen molar-refractivity contribution >= 4 is 17.5 Å². The van der Waals surface area contributed by atoms with Crippen LogP contribution < -0.4 is 0 Å². The van der Waals surface area contributed by atoms with Crippen LogP contribution >= 0.6 is 11.6 Å². The summed E-state index contributed by atoms with van der Waals surface area (Å²) in [5, 5.41) is 7.62. The number of carbonyl (C=O) groups excluding carboxylic acids is 1. The molecule has 1 amide bonds. The Morgan fingerprint density at radius 1 is 1.38 bits per heavy atom. The summed E-state index contributed by atoms with van der Waals surface area (Å²) in [5.74, 6) is -0.0598. The summed E-state index contributed by atoms with van der Waals surface area (Å²) >= 11 is 5.55. The van der Waals surface area contributed by atoms with Crippen molar-refractivity contribution in [2.24, 2.45) is 0 Å². The van der Waals surface area contributed by atoms with E-state index in [1.807, 2.05) is 0 Å². The molecule has 1 saturated heterocycles. The third-order valence-electron chi connectivity index (χ3n) is 1.99. The van der Waals surface area contributed by atoms with E-state index in [0.29, 0.717) is 10.8 Å². The predicted octanol–water partition coefficient (Wildman–Crippen LogP) is 0.976. The summed E-state index contributed by atoms with van der Waals surface area (Å²) in [6, 6.07) is 3.16. The van der Waals surface area contributed by atoms with Gasteiger partial charge in [0.05, 0.1) is 0 Å². The van der Waals surface area contributed by atoms with Crippen molar-refractivity contribution in [3.63, 3.8) is 0 Å². The molecule has 0 saturated carbocycles. The Balaban J connectivity index is 2.15. The first-order valence-corrected chi connectivity index (χ1v) is 4.44. The van der Waals surface area contributed by atoms with Gasteiger partial charge in [-0.1, -0.05) is 11.6 Å². The molecule has 0 N–H and O–H groups in total. The van der Waals surface area contributed by atoms with Crippen LogP contribution in [0.3, 0.4) is 0 Å². The number of rotatable bonds is 1.